The van der Waals surface area contributed by atoms with Crippen LogP contribution in [0.25, 0.3) is 10.2 Å². The Kier molecular flexibility index (Phi) is 5.01. The molecule has 5 rings (SSSR count). The highest BCUT2D eigenvalue weighted by Gasteiger charge is 2.35. The Morgan fingerprint density at radius 1 is 1.19 bits per heavy atom. The zero-order valence-corrected chi connectivity index (χ0v) is 18.8. The number of nitrogens with zero attached hydrogens (tertiary/aromatic N) is 4. The van der Waals surface area contributed by atoms with Gasteiger partial charge in [0.15, 0.2) is 0 Å². The van der Waals surface area contributed by atoms with E-state index in [9.17, 15) is 9.59 Å². The quantitative estimate of drug-likeness (QED) is 0.467. The number of aromatic nitrogens is 2. The molecule has 0 unspecified atom stereocenters. The van der Waals surface area contributed by atoms with Gasteiger partial charge in [0.25, 0.3) is 11.5 Å². The molecular formula is C24H22N4O3S. The highest BCUT2D eigenvalue weighted by Crippen LogP contribution is 2.33. The number of carbonyl (C=O) groups is 1. The van der Waals surface area contributed by atoms with E-state index in [0.29, 0.717) is 22.4 Å². The second kappa shape index (κ2) is 7.87. The first kappa shape index (κ1) is 20.4. The Morgan fingerprint density at radius 3 is 2.69 bits per heavy atom. The van der Waals surface area contributed by atoms with E-state index in [1.807, 2.05) is 51.1 Å². The first-order chi connectivity index (χ1) is 15.4. The topological polar surface area (TPSA) is 80.7 Å². The van der Waals surface area contributed by atoms with Crippen molar-refractivity contribution in [2.75, 3.05) is 0 Å². The van der Waals surface area contributed by atoms with Gasteiger partial charge in [0.2, 0.25) is 0 Å². The maximum atomic E-state index is 13.3. The molecule has 1 aliphatic rings. The Hall–Kier alpha value is -3.52. The van der Waals surface area contributed by atoms with Gasteiger partial charge in [-0.1, -0.05) is 29.8 Å². The summed E-state index contributed by atoms with van der Waals surface area (Å²) in [7, 11) is 0. The summed E-state index contributed by atoms with van der Waals surface area (Å²) < 4.78 is 6.97. The lowest BCUT2D eigenvalue weighted by atomic mass is 10.0. The van der Waals surface area contributed by atoms with E-state index < -0.39 is 0 Å². The average molecular weight is 447 g/mol. The molecule has 0 spiro atoms. The van der Waals surface area contributed by atoms with Crippen LogP contribution >= 0.6 is 11.3 Å². The highest BCUT2D eigenvalue weighted by atomic mass is 32.1. The number of hydrogen-bond acceptors (Lipinski definition) is 6. The fourth-order valence-corrected chi connectivity index (χ4v) is 4.95. The largest absolute Gasteiger partial charge is 0.467 e. The van der Waals surface area contributed by atoms with Crippen LogP contribution in [0.1, 0.15) is 39.8 Å². The lowest BCUT2D eigenvalue weighted by Crippen LogP contribution is -2.34. The predicted octanol–water partition coefficient (Wildman–Crippen LogP) is 4.35. The Bertz CT molecular complexity index is 1400. The maximum Gasteiger partial charge on any atom is 0.263 e. The monoisotopic (exact) mass is 446 g/mol. The van der Waals surface area contributed by atoms with Crippen molar-refractivity contribution in [3.63, 3.8) is 0 Å². The molecule has 7 nitrogen and oxygen atoms in total. The third-order valence-electron chi connectivity index (χ3n) is 5.88. The lowest BCUT2D eigenvalue weighted by Gasteiger charge is -2.20. The summed E-state index contributed by atoms with van der Waals surface area (Å²) in [5, 5.41) is 6.66. The van der Waals surface area contributed by atoms with Crippen LogP contribution in [-0.2, 0) is 11.3 Å². The number of rotatable bonds is 4. The number of amides is 1. The van der Waals surface area contributed by atoms with E-state index >= 15 is 0 Å². The van der Waals surface area contributed by atoms with E-state index in [2.05, 4.69) is 10.1 Å². The predicted molar refractivity (Wildman–Crippen MR) is 124 cm³/mol. The molecule has 0 saturated heterocycles. The minimum Gasteiger partial charge on any atom is -0.467 e. The molecule has 1 amide bonds. The Morgan fingerprint density at radius 2 is 1.97 bits per heavy atom. The number of thiophene rings is 1. The summed E-state index contributed by atoms with van der Waals surface area (Å²) in [6, 6.07) is 11.3. The molecule has 0 bridgehead atoms. The van der Waals surface area contributed by atoms with Gasteiger partial charge < -0.3 is 4.42 Å². The molecule has 1 atom stereocenters. The van der Waals surface area contributed by atoms with Gasteiger partial charge in [0, 0.05) is 11.3 Å². The molecule has 0 N–H and O–H groups in total. The van der Waals surface area contributed by atoms with Crippen molar-refractivity contribution >= 4 is 33.2 Å². The number of benzene rings is 1. The van der Waals surface area contributed by atoms with Crippen molar-refractivity contribution in [2.45, 2.75) is 39.8 Å². The molecule has 1 aliphatic heterocycles. The van der Waals surface area contributed by atoms with Crippen LogP contribution in [0, 0.1) is 20.8 Å². The minimum absolute atomic E-state index is 0.141. The molecule has 32 heavy (non-hydrogen) atoms. The third-order valence-corrected chi connectivity index (χ3v) is 7.00. The zero-order valence-electron chi connectivity index (χ0n) is 18.0. The number of hydrogen-bond donors (Lipinski definition) is 0. The second-order valence-electron chi connectivity index (χ2n) is 8.03. The Labute approximate surface area is 188 Å². The third kappa shape index (κ3) is 3.46. The summed E-state index contributed by atoms with van der Waals surface area (Å²) in [6.45, 7) is 5.77. The van der Waals surface area contributed by atoms with Crippen LogP contribution in [0.2, 0.25) is 0 Å². The summed E-state index contributed by atoms with van der Waals surface area (Å²) in [6.07, 6.45) is 3.57. The molecule has 162 valence electrons. The molecule has 8 heteroatoms. The second-order valence-corrected chi connectivity index (χ2v) is 9.23. The van der Waals surface area contributed by atoms with Gasteiger partial charge in [0.05, 0.1) is 23.7 Å². The van der Waals surface area contributed by atoms with Crippen LogP contribution in [0.3, 0.4) is 0 Å². The first-order valence-corrected chi connectivity index (χ1v) is 11.2. The molecule has 4 aromatic rings. The number of carbonyl (C=O) groups excluding carboxylic acids is 1. The molecule has 0 aliphatic carbocycles. The first-order valence-electron chi connectivity index (χ1n) is 10.4. The van der Waals surface area contributed by atoms with Crippen molar-refractivity contribution in [1.82, 2.24) is 14.6 Å². The van der Waals surface area contributed by atoms with Crippen LogP contribution in [-0.4, -0.2) is 26.2 Å². The van der Waals surface area contributed by atoms with E-state index in [1.54, 1.807) is 12.3 Å². The molecule has 0 radical (unpaired) electrons. The number of fused-ring (bicyclic) bond motifs is 1. The standard InChI is InChI=1S/C24H22N4O3S/c1-14-6-8-17(9-7-14)18-11-19(20-5-4-10-31-20)28(26-18)21(29)12-27-13-25-23-22(24(27)30)15(2)16(3)32-23/h4-10,13,19H,11-12H2,1-3H3/t19-/m0/s1. The molecule has 0 fully saturated rings. The van der Waals surface area contributed by atoms with Crippen molar-refractivity contribution < 1.29 is 9.21 Å². The lowest BCUT2D eigenvalue weighted by molar-refractivity contribution is -0.134. The normalized spacial score (nSPS) is 16.0. The smallest absolute Gasteiger partial charge is 0.263 e. The average Bonchev–Trinajstić information content (AvgIpc) is 3.50. The van der Waals surface area contributed by atoms with Crippen LogP contribution in [0.15, 0.2) is 63.3 Å². The Balaban J connectivity index is 1.49. The van der Waals surface area contributed by atoms with Crippen molar-refractivity contribution in [3.05, 3.63) is 86.7 Å². The summed E-state index contributed by atoms with van der Waals surface area (Å²) in [4.78, 5) is 32.5. The van der Waals surface area contributed by atoms with Crippen LogP contribution < -0.4 is 5.56 Å². The van der Waals surface area contributed by atoms with Gasteiger partial charge in [-0.15, -0.1) is 11.3 Å². The van der Waals surface area contributed by atoms with E-state index in [1.165, 1.54) is 27.2 Å². The van der Waals surface area contributed by atoms with Crippen molar-refractivity contribution in [1.29, 1.82) is 0 Å². The molecule has 3 aromatic heterocycles. The zero-order chi connectivity index (χ0) is 22.4. The van der Waals surface area contributed by atoms with E-state index in [-0.39, 0.29) is 24.1 Å². The number of hydrazone groups is 1. The maximum absolute atomic E-state index is 13.3. The van der Waals surface area contributed by atoms with Gasteiger partial charge in [-0.3, -0.25) is 14.2 Å². The molecule has 1 aromatic carbocycles. The van der Waals surface area contributed by atoms with Crippen molar-refractivity contribution in [2.24, 2.45) is 5.10 Å². The number of furan rings is 1. The van der Waals surface area contributed by atoms with Crippen molar-refractivity contribution in [3.8, 4) is 0 Å². The van der Waals surface area contributed by atoms with Gasteiger partial charge in [-0.2, -0.15) is 5.10 Å². The van der Waals surface area contributed by atoms with Gasteiger partial charge >= 0.3 is 0 Å². The number of aryl methyl sites for hydroxylation is 3. The van der Waals surface area contributed by atoms with Gasteiger partial charge in [-0.05, 0) is 44.0 Å². The van der Waals surface area contributed by atoms with E-state index in [4.69, 9.17) is 4.42 Å². The summed E-state index contributed by atoms with van der Waals surface area (Å²) in [5.41, 5.74) is 3.64. The fourth-order valence-electron chi connectivity index (χ4n) is 3.96. The molecular weight excluding hydrogens is 424 g/mol. The molecule has 4 heterocycles. The van der Waals surface area contributed by atoms with Gasteiger partial charge in [0.1, 0.15) is 23.2 Å². The highest BCUT2D eigenvalue weighted by molar-refractivity contribution is 7.18. The summed E-state index contributed by atoms with van der Waals surface area (Å²) >= 11 is 1.49. The SMILES string of the molecule is Cc1ccc(C2=NN(C(=O)Cn3cnc4sc(C)c(C)c4c3=O)[C@H](c3ccco3)C2)cc1. The van der Waals surface area contributed by atoms with E-state index in [0.717, 1.165) is 27.3 Å². The van der Waals surface area contributed by atoms with Crippen LogP contribution in [0.5, 0.6) is 0 Å². The van der Waals surface area contributed by atoms with Gasteiger partial charge in [-0.25, -0.2) is 9.99 Å². The molecule has 0 saturated carbocycles. The summed E-state index contributed by atoms with van der Waals surface area (Å²) in [5.74, 6) is 0.371. The fraction of sp³-hybridized carbons (Fsp3) is 0.250. The van der Waals surface area contributed by atoms with Crippen LogP contribution in [0.4, 0.5) is 0 Å². The minimum atomic E-state index is -0.355.